The summed E-state index contributed by atoms with van der Waals surface area (Å²) in [6, 6.07) is 11.5. The quantitative estimate of drug-likeness (QED) is 0.737. The number of hydrogen-bond donors (Lipinski definition) is 1. The Morgan fingerprint density at radius 2 is 1.97 bits per heavy atom. The normalized spacial score (nSPS) is 21.7. The molecule has 1 atom stereocenters. The summed E-state index contributed by atoms with van der Waals surface area (Å²) >= 11 is 1.60. The first-order valence-electron chi connectivity index (χ1n) is 10.3. The number of benzene rings is 1. The molecule has 4 rings (SSSR count). The van der Waals surface area contributed by atoms with Crippen LogP contribution in [0.2, 0.25) is 0 Å². The summed E-state index contributed by atoms with van der Waals surface area (Å²) in [5.74, 6) is -0.448. The second-order valence-electron chi connectivity index (χ2n) is 8.36. The molecule has 1 N–H and O–H groups in total. The van der Waals surface area contributed by atoms with Crippen molar-refractivity contribution in [2.45, 2.75) is 32.1 Å². The average Bonchev–Trinajstić information content (AvgIpc) is 3.37. The number of sulfonamides is 1. The molecule has 0 aliphatic carbocycles. The van der Waals surface area contributed by atoms with Crippen LogP contribution in [-0.2, 0) is 31.9 Å². The first-order chi connectivity index (χ1) is 14.4. The molecule has 6 nitrogen and oxygen atoms in total. The van der Waals surface area contributed by atoms with Gasteiger partial charge in [-0.2, -0.15) is 0 Å². The smallest absolute Gasteiger partial charge is 0.225 e. The fraction of sp³-hybridized carbons (Fsp3) is 0.500. The van der Waals surface area contributed by atoms with E-state index in [4.69, 9.17) is 4.74 Å². The van der Waals surface area contributed by atoms with Crippen LogP contribution >= 0.6 is 11.3 Å². The maximum Gasteiger partial charge on any atom is 0.225 e. The topological polar surface area (TPSA) is 75.7 Å². The van der Waals surface area contributed by atoms with E-state index in [1.54, 1.807) is 11.3 Å². The van der Waals surface area contributed by atoms with E-state index in [0.717, 1.165) is 16.0 Å². The standard InChI is InChI=1S/C22H28N2O4S2/c1-17-4-6-18(7-5-17)15-30(26,27)24-14-20(22(16-24)8-10-28-11-9-22)21(25)23-13-19-3-2-12-29-19/h2-7,12,20H,8-11,13-16H2,1H3,(H,23,25). The maximum atomic E-state index is 13.2. The van der Waals surface area contributed by atoms with Crippen LogP contribution in [0.15, 0.2) is 41.8 Å². The number of amides is 1. The van der Waals surface area contributed by atoms with E-state index >= 15 is 0 Å². The van der Waals surface area contributed by atoms with Crippen molar-refractivity contribution in [3.05, 3.63) is 57.8 Å². The molecule has 8 heteroatoms. The van der Waals surface area contributed by atoms with Crippen molar-refractivity contribution in [3.63, 3.8) is 0 Å². The summed E-state index contributed by atoms with van der Waals surface area (Å²) < 4.78 is 33.4. The van der Waals surface area contributed by atoms with Crippen molar-refractivity contribution in [1.82, 2.24) is 9.62 Å². The van der Waals surface area contributed by atoms with Crippen LogP contribution in [0, 0.1) is 18.3 Å². The number of nitrogens with zero attached hydrogens (tertiary/aromatic N) is 1. The molecule has 3 heterocycles. The Bertz CT molecular complexity index is 965. The monoisotopic (exact) mass is 448 g/mol. The van der Waals surface area contributed by atoms with Gasteiger partial charge in [-0.05, 0) is 36.8 Å². The number of hydrogen-bond acceptors (Lipinski definition) is 5. The van der Waals surface area contributed by atoms with Crippen LogP contribution < -0.4 is 5.32 Å². The summed E-state index contributed by atoms with van der Waals surface area (Å²) in [5.41, 5.74) is 1.52. The number of carbonyl (C=O) groups is 1. The molecule has 1 aromatic heterocycles. The minimum Gasteiger partial charge on any atom is -0.381 e. The highest BCUT2D eigenvalue weighted by Gasteiger charge is 2.53. The Balaban J connectivity index is 1.51. The first-order valence-corrected chi connectivity index (χ1v) is 12.8. The molecule has 162 valence electrons. The predicted molar refractivity (Wildman–Crippen MR) is 118 cm³/mol. The van der Waals surface area contributed by atoms with Crippen LogP contribution in [0.4, 0.5) is 0 Å². The maximum absolute atomic E-state index is 13.2. The highest BCUT2D eigenvalue weighted by molar-refractivity contribution is 7.88. The van der Waals surface area contributed by atoms with Gasteiger partial charge in [-0.1, -0.05) is 35.9 Å². The van der Waals surface area contributed by atoms with Gasteiger partial charge in [0.1, 0.15) is 0 Å². The second kappa shape index (κ2) is 8.78. The lowest BCUT2D eigenvalue weighted by Crippen LogP contribution is -2.44. The Labute approximate surface area is 182 Å². The molecule has 0 saturated carbocycles. The van der Waals surface area contributed by atoms with Gasteiger partial charge in [0.15, 0.2) is 0 Å². The molecule has 1 unspecified atom stereocenters. The second-order valence-corrected chi connectivity index (χ2v) is 11.4. The van der Waals surface area contributed by atoms with Gasteiger partial charge >= 0.3 is 0 Å². The SMILES string of the molecule is Cc1ccc(CS(=O)(=O)N2CC(C(=O)NCc3cccs3)C3(CCOCC3)C2)cc1. The predicted octanol–water partition coefficient (Wildman–Crippen LogP) is 2.93. The van der Waals surface area contributed by atoms with Crippen LogP contribution in [0.25, 0.3) is 0 Å². The fourth-order valence-electron chi connectivity index (χ4n) is 4.48. The van der Waals surface area contributed by atoms with E-state index in [9.17, 15) is 13.2 Å². The van der Waals surface area contributed by atoms with Crippen molar-refractivity contribution in [2.24, 2.45) is 11.3 Å². The molecule has 2 aromatic rings. The minimum atomic E-state index is -3.51. The van der Waals surface area contributed by atoms with Gasteiger partial charge in [-0.15, -0.1) is 11.3 Å². The van der Waals surface area contributed by atoms with E-state index in [1.807, 2.05) is 48.7 Å². The largest absolute Gasteiger partial charge is 0.381 e. The van der Waals surface area contributed by atoms with Gasteiger partial charge in [0.05, 0.1) is 18.2 Å². The van der Waals surface area contributed by atoms with Crippen LogP contribution in [0.3, 0.4) is 0 Å². The van der Waals surface area contributed by atoms with Crippen molar-refractivity contribution < 1.29 is 17.9 Å². The minimum absolute atomic E-state index is 0.0383. The Kier molecular flexibility index (Phi) is 6.29. The van der Waals surface area contributed by atoms with Crippen molar-refractivity contribution in [3.8, 4) is 0 Å². The Morgan fingerprint density at radius 1 is 1.23 bits per heavy atom. The molecule has 30 heavy (non-hydrogen) atoms. The molecule has 0 radical (unpaired) electrons. The third kappa shape index (κ3) is 4.61. The Morgan fingerprint density at radius 3 is 2.63 bits per heavy atom. The highest BCUT2D eigenvalue weighted by Crippen LogP contribution is 2.45. The zero-order valence-corrected chi connectivity index (χ0v) is 18.8. The lowest BCUT2D eigenvalue weighted by molar-refractivity contribution is -0.130. The number of nitrogens with one attached hydrogen (secondary N) is 1. The van der Waals surface area contributed by atoms with Gasteiger partial charge in [-0.25, -0.2) is 12.7 Å². The third-order valence-electron chi connectivity index (χ3n) is 6.30. The summed E-state index contributed by atoms with van der Waals surface area (Å²) in [6.07, 6.45) is 1.42. The van der Waals surface area contributed by atoms with Crippen molar-refractivity contribution >= 4 is 27.3 Å². The van der Waals surface area contributed by atoms with E-state index in [1.165, 1.54) is 4.31 Å². The number of ether oxygens (including phenoxy) is 1. The van der Waals surface area contributed by atoms with Gasteiger partial charge in [0.25, 0.3) is 0 Å². The van der Waals surface area contributed by atoms with Gasteiger partial charge < -0.3 is 10.1 Å². The first kappa shape index (κ1) is 21.5. The lowest BCUT2D eigenvalue weighted by atomic mass is 9.72. The average molecular weight is 449 g/mol. The van der Waals surface area contributed by atoms with E-state index in [-0.39, 0.29) is 29.5 Å². The van der Waals surface area contributed by atoms with Crippen molar-refractivity contribution in [2.75, 3.05) is 26.3 Å². The zero-order valence-electron chi connectivity index (χ0n) is 17.2. The molecular weight excluding hydrogens is 420 g/mol. The lowest BCUT2D eigenvalue weighted by Gasteiger charge is -2.37. The van der Waals surface area contributed by atoms with Crippen LogP contribution in [0.5, 0.6) is 0 Å². The van der Waals surface area contributed by atoms with Gasteiger partial charge in [0.2, 0.25) is 15.9 Å². The molecule has 2 aliphatic rings. The molecule has 2 fully saturated rings. The van der Waals surface area contributed by atoms with E-state index in [2.05, 4.69) is 5.32 Å². The molecule has 0 bridgehead atoms. The summed E-state index contributed by atoms with van der Waals surface area (Å²) in [5, 5.41) is 5.02. The number of rotatable bonds is 6. The van der Waals surface area contributed by atoms with Crippen molar-refractivity contribution in [1.29, 1.82) is 0 Å². The molecule has 1 aromatic carbocycles. The number of aryl methyl sites for hydroxylation is 1. The number of thiophene rings is 1. The van der Waals surface area contributed by atoms with Crippen LogP contribution in [0.1, 0.15) is 28.8 Å². The number of carbonyl (C=O) groups excluding carboxylic acids is 1. The summed E-state index contributed by atoms with van der Waals surface area (Å²) in [7, 11) is -3.51. The van der Waals surface area contributed by atoms with Gasteiger partial charge in [0, 0.05) is 36.6 Å². The fourth-order valence-corrected chi connectivity index (χ4v) is 6.75. The summed E-state index contributed by atoms with van der Waals surface area (Å²) in [4.78, 5) is 14.2. The van der Waals surface area contributed by atoms with E-state index in [0.29, 0.717) is 39.1 Å². The molecule has 2 saturated heterocycles. The Hall–Kier alpha value is -1.74. The van der Waals surface area contributed by atoms with Gasteiger partial charge in [-0.3, -0.25) is 4.79 Å². The van der Waals surface area contributed by atoms with E-state index < -0.39 is 10.0 Å². The zero-order chi connectivity index (χ0) is 21.2. The third-order valence-corrected chi connectivity index (χ3v) is 8.94. The molecule has 1 spiro atoms. The highest BCUT2D eigenvalue weighted by atomic mass is 32.2. The molecule has 1 amide bonds. The summed E-state index contributed by atoms with van der Waals surface area (Å²) in [6.45, 7) is 4.23. The molecular formula is C22H28N2O4S2. The molecule has 2 aliphatic heterocycles. The van der Waals surface area contributed by atoms with Crippen LogP contribution in [-0.4, -0.2) is 44.9 Å².